The first-order valence-corrected chi connectivity index (χ1v) is 6.98. The molecule has 0 spiro atoms. The molecule has 1 rings (SSSR count). The highest BCUT2D eigenvalue weighted by Gasteiger charge is 2.15. The van der Waals surface area contributed by atoms with Crippen molar-refractivity contribution in [3.63, 3.8) is 0 Å². The van der Waals surface area contributed by atoms with E-state index in [1.807, 2.05) is 19.1 Å². The van der Waals surface area contributed by atoms with Crippen molar-refractivity contribution in [2.45, 2.75) is 40.0 Å². The summed E-state index contributed by atoms with van der Waals surface area (Å²) in [7, 11) is 0. The van der Waals surface area contributed by atoms with E-state index in [4.69, 9.17) is 10.5 Å². The minimum absolute atomic E-state index is 0.215. The fourth-order valence-corrected chi connectivity index (χ4v) is 1.95. The van der Waals surface area contributed by atoms with Gasteiger partial charge in [-0.15, -0.1) is 0 Å². The number of hydrogen-bond acceptors (Lipinski definition) is 4. The molecule has 0 aliphatic heterocycles. The number of carbonyl (C=O) groups is 1. The molecule has 1 aromatic carbocycles. The Bertz CT molecular complexity index is 415. The van der Waals surface area contributed by atoms with Crippen LogP contribution in [0.3, 0.4) is 0 Å². The Hall–Kier alpha value is -1.71. The summed E-state index contributed by atoms with van der Waals surface area (Å²) < 4.78 is 5.46. The first-order valence-electron chi connectivity index (χ1n) is 6.98. The summed E-state index contributed by atoms with van der Waals surface area (Å²) in [6.45, 7) is 7.87. The van der Waals surface area contributed by atoms with Crippen molar-refractivity contribution in [1.29, 1.82) is 0 Å². The van der Waals surface area contributed by atoms with Gasteiger partial charge in [-0.1, -0.05) is 19.4 Å². The second-order valence-electron chi connectivity index (χ2n) is 4.45. The molecule has 106 valence electrons. The lowest BCUT2D eigenvalue weighted by Crippen LogP contribution is -2.23. The molecule has 0 amide bonds. The third kappa shape index (κ3) is 4.16. The maximum Gasteiger partial charge on any atom is 0.311 e. The third-order valence-corrected chi connectivity index (χ3v) is 3.08. The maximum atomic E-state index is 11.8. The van der Waals surface area contributed by atoms with E-state index in [-0.39, 0.29) is 5.97 Å². The number of nitrogen functional groups attached to an aromatic ring is 1. The molecular formula is C15H24N2O2. The first-order chi connectivity index (χ1) is 9.13. The molecular weight excluding hydrogens is 240 g/mol. The van der Waals surface area contributed by atoms with Crippen LogP contribution >= 0.6 is 0 Å². The SMILES string of the molecule is CCCCC(=O)Oc1c(N)cccc1N(CC)CC. The lowest BCUT2D eigenvalue weighted by atomic mass is 10.2. The molecule has 0 heterocycles. The van der Waals surface area contributed by atoms with Crippen molar-refractivity contribution in [3.05, 3.63) is 18.2 Å². The fourth-order valence-electron chi connectivity index (χ4n) is 1.95. The topological polar surface area (TPSA) is 55.6 Å². The van der Waals surface area contributed by atoms with Gasteiger partial charge in [0.25, 0.3) is 0 Å². The Morgan fingerprint density at radius 2 is 1.95 bits per heavy atom. The summed E-state index contributed by atoms with van der Waals surface area (Å²) in [6, 6.07) is 5.58. The van der Waals surface area contributed by atoms with E-state index < -0.39 is 0 Å². The molecule has 4 heteroatoms. The average Bonchev–Trinajstić information content (AvgIpc) is 2.41. The van der Waals surface area contributed by atoms with Gasteiger partial charge in [0, 0.05) is 19.5 Å². The molecule has 0 atom stereocenters. The van der Waals surface area contributed by atoms with Crippen LogP contribution in [-0.2, 0) is 4.79 Å². The van der Waals surface area contributed by atoms with Crippen LogP contribution in [0, 0.1) is 0 Å². The number of nitrogens with zero attached hydrogens (tertiary/aromatic N) is 1. The summed E-state index contributed by atoms with van der Waals surface area (Å²) >= 11 is 0. The largest absolute Gasteiger partial charge is 0.422 e. The second-order valence-corrected chi connectivity index (χ2v) is 4.45. The monoisotopic (exact) mass is 264 g/mol. The molecule has 0 fully saturated rings. The molecule has 0 aliphatic rings. The van der Waals surface area contributed by atoms with Gasteiger partial charge >= 0.3 is 5.97 Å². The van der Waals surface area contributed by atoms with Crippen LogP contribution in [0.15, 0.2) is 18.2 Å². The normalized spacial score (nSPS) is 10.3. The van der Waals surface area contributed by atoms with Crippen LogP contribution in [0.5, 0.6) is 5.75 Å². The van der Waals surface area contributed by atoms with Gasteiger partial charge < -0.3 is 15.4 Å². The molecule has 0 saturated heterocycles. The highest BCUT2D eigenvalue weighted by molar-refractivity contribution is 5.79. The number of nitrogens with two attached hydrogens (primary N) is 1. The van der Waals surface area contributed by atoms with Crippen molar-refractivity contribution < 1.29 is 9.53 Å². The summed E-state index contributed by atoms with van der Waals surface area (Å²) in [4.78, 5) is 13.9. The summed E-state index contributed by atoms with van der Waals surface area (Å²) in [5.41, 5.74) is 7.33. The molecule has 0 unspecified atom stereocenters. The lowest BCUT2D eigenvalue weighted by molar-refractivity contribution is -0.134. The molecule has 0 saturated carbocycles. The average molecular weight is 264 g/mol. The number of carbonyl (C=O) groups excluding carboxylic acids is 1. The van der Waals surface area contributed by atoms with E-state index >= 15 is 0 Å². The predicted molar refractivity (Wildman–Crippen MR) is 79.6 cm³/mol. The summed E-state index contributed by atoms with van der Waals surface area (Å²) in [6.07, 6.45) is 2.25. The van der Waals surface area contributed by atoms with E-state index in [9.17, 15) is 4.79 Å². The predicted octanol–water partition coefficient (Wildman–Crippen LogP) is 3.21. The van der Waals surface area contributed by atoms with Crippen molar-refractivity contribution in [1.82, 2.24) is 0 Å². The highest BCUT2D eigenvalue weighted by Crippen LogP contribution is 2.34. The van der Waals surface area contributed by atoms with Gasteiger partial charge in [0.15, 0.2) is 5.75 Å². The number of ether oxygens (including phenoxy) is 1. The molecule has 19 heavy (non-hydrogen) atoms. The molecule has 0 radical (unpaired) electrons. The summed E-state index contributed by atoms with van der Waals surface area (Å²) in [5.74, 6) is 0.278. The quantitative estimate of drug-likeness (QED) is 0.467. The Morgan fingerprint density at radius 3 is 2.53 bits per heavy atom. The van der Waals surface area contributed by atoms with Gasteiger partial charge in [0.05, 0.1) is 11.4 Å². The Morgan fingerprint density at radius 1 is 1.26 bits per heavy atom. The second kappa shape index (κ2) is 7.67. The van der Waals surface area contributed by atoms with Crippen molar-refractivity contribution >= 4 is 17.3 Å². The molecule has 1 aromatic rings. The minimum atomic E-state index is -0.215. The molecule has 0 bridgehead atoms. The number of benzene rings is 1. The van der Waals surface area contributed by atoms with Crippen LogP contribution < -0.4 is 15.4 Å². The van der Waals surface area contributed by atoms with Gasteiger partial charge in [-0.2, -0.15) is 0 Å². The van der Waals surface area contributed by atoms with Crippen molar-refractivity contribution in [3.8, 4) is 5.75 Å². The van der Waals surface area contributed by atoms with Gasteiger partial charge in [-0.25, -0.2) is 0 Å². The first kappa shape index (κ1) is 15.3. The minimum Gasteiger partial charge on any atom is -0.422 e. The van der Waals surface area contributed by atoms with Gasteiger partial charge in [0.1, 0.15) is 0 Å². The number of rotatable bonds is 7. The van der Waals surface area contributed by atoms with Gasteiger partial charge in [-0.05, 0) is 32.4 Å². The lowest BCUT2D eigenvalue weighted by Gasteiger charge is -2.24. The fraction of sp³-hybridized carbons (Fsp3) is 0.533. The van der Waals surface area contributed by atoms with Crippen molar-refractivity contribution in [2.24, 2.45) is 0 Å². The zero-order valence-electron chi connectivity index (χ0n) is 12.1. The zero-order valence-corrected chi connectivity index (χ0v) is 12.1. The maximum absolute atomic E-state index is 11.8. The van der Waals surface area contributed by atoms with Crippen LogP contribution in [0.1, 0.15) is 40.0 Å². The summed E-state index contributed by atoms with van der Waals surface area (Å²) in [5, 5.41) is 0. The van der Waals surface area contributed by atoms with E-state index in [0.717, 1.165) is 31.6 Å². The number of hydrogen-bond donors (Lipinski definition) is 1. The highest BCUT2D eigenvalue weighted by atomic mass is 16.5. The smallest absolute Gasteiger partial charge is 0.311 e. The number of para-hydroxylation sites is 1. The number of esters is 1. The van der Waals surface area contributed by atoms with Crippen LogP contribution in [0.4, 0.5) is 11.4 Å². The van der Waals surface area contributed by atoms with E-state index in [0.29, 0.717) is 17.9 Å². The number of anilines is 2. The third-order valence-electron chi connectivity index (χ3n) is 3.08. The van der Waals surface area contributed by atoms with Crippen LogP contribution in [0.25, 0.3) is 0 Å². The molecule has 4 nitrogen and oxygen atoms in total. The van der Waals surface area contributed by atoms with E-state index in [1.165, 1.54) is 0 Å². The van der Waals surface area contributed by atoms with Gasteiger partial charge in [0.2, 0.25) is 0 Å². The van der Waals surface area contributed by atoms with Crippen LogP contribution in [0.2, 0.25) is 0 Å². The van der Waals surface area contributed by atoms with Gasteiger partial charge in [-0.3, -0.25) is 4.79 Å². The van der Waals surface area contributed by atoms with E-state index in [2.05, 4.69) is 18.7 Å². The Balaban J connectivity index is 2.94. The number of unbranched alkanes of at least 4 members (excludes halogenated alkanes) is 1. The standard InChI is InChI=1S/C15H24N2O2/c1-4-7-11-14(18)19-15-12(16)9-8-10-13(15)17(5-2)6-3/h8-10H,4-7,11,16H2,1-3H3. The molecule has 2 N–H and O–H groups in total. The van der Waals surface area contributed by atoms with E-state index in [1.54, 1.807) is 6.07 Å². The zero-order chi connectivity index (χ0) is 14.3. The van der Waals surface area contributed by atoms with Crippen LogP contribution in [-0.4, -0.2) is 19.1 Å². The molecule has 0 aliphatic carbocycles. The molecule has 0 aromatic heterocycles. The Labute approximate surface area is 115 Å². The van der Waals surface area contributed by atoms with Crippen molar-refractivity contribution in [2.75, 3.05) is 23.7 Å². The Kier molecular flexibility index (Phi) is 6.19.